The number of halogens is 8. The van der Waals surface area contributed by atoms with Crippen molar-refractivity contribution in [2.75, 3.05) is 31.6 Å². The van der Waals surface area contributed by atoms with Crippen LogP contribution in [0, 0.1) is 0 Å². The number of ether oxygens (including phenoxy) is 2. The van der Waals surface area contributed by atoms with Crippen LogP contribution < -0.4 is 10.1 Å². The molecule has 2 amide bonds. The van der Waals surface area contributed by atoms with Crippen molar-refractivity contribution >= 4 is 17.7 Å². The van der Waals surface area contributed by atoms with E-state index in [1.807, 2.05) is 0 Å². The Labute approximate surface area is 236 Å². The van der Waals surface area contributed by atoms with Gasteiger partial charge in [0.2, 0.25) is 0 Å². The van der Waals surface area contributed by atoms with Gasteiger partial charge in [-0.15, -0.1) is 0 Å². The van der Waals surface area contributed by atoms with E-state index in [0.29, 0.717) is 11.3 Å². The second-order valence-electron chi connectivity index (χ2n) is 9.10. The number of hydrogen-bond acceptors (Lipinski definition) is 4. The molecule has 2 aromatic carbocycles. The number of alkyl halides is 8. The molecule has 0 spiro atoms. The monoisotopic (exact) mass is 614 g/mol. The molecule has 0 bridgehead atoms. The molecule has 0 saturated carbocycles. The normalized spacial score (nSPS) is 13.0. The highest BCUT2D eigenvalue weighted by molar-refractivity contribution is 5.90. The van der Waals surface area contributed by atoms with Gasteiger partial charge >= 0.3 is 30.3 Å². The number of amides is 2. The number of hydrogen-bond donors (Lipinski definition) is 2. The number of urea groups is 1. The third-order valence-electron chi connectivity index (χ3n) is 5.96. The van der Waals surface area contributed by atoms with Gasteiger partial charge in [0.25, 0.3) is 0 Å². The summed E-state index contributed by atoms with van der Waals surface area (Å²) < 4.78 is 115. The average molecular weight is 615 g/mol. The Kier molecular flexibility index (Phi) is 12.4. The summed E-state index contributed by atoms with van der Waals surface area (Å²) >= 11 is 0. The van der Waals surface area contributed by atoms with Crippen LogP contribution in [0.5, 0.6) is 5.75 Å². The van der Waals surface area contributed by atoms with E-state index in [2.05, 4.69) is 5.32 Å². The zero-order valence-electron chi connectivity index (χ0n) is 22.4. The summed E-state index contributed by atoms with van der Waals surface area (Å²) in [5.74, 6) is -5.75. The molecule has 2 rings (SSSR count). The van der Waals surface area contributed by atoms with Crippen molar-refractivity contribution in [2.24, 2.45) is 0 Å². The molecule has 0 aliphatic carbocycles. The van der Waals surface area contributed by atoms with Crippen LogP contribution in [0.1, 0.15) is 37.3 Å². The summed E-state index contributed by atoms with van der Waals surface area (Å²) in [7, 11) is 0. The van der Waals surface area contributed by atoms with E-state index in [-0.39, 0.29) is 39.1 Å². The van der Waals surface area contributed by atoms with Gasteiger partial charge in [-0.3, -0.25) is 0 Å². The Morgan fingerprint density at radius 2 is 1.57 bits per heavy atom. The summed E-state index contributed by atoms with van der Waals surface area (Å²) in [4.78, 5) is 25.1. The molecule has 1 unspecified atom stereocenters. The first-order valence-corrected chi connectivity index (χ1v) is 12.8. The first-order chi connectivity index (χ1) is 19.5. The van der Waals surface area contributed by atoms with Gasteiger partial charge in [-0.2, -0.15) is 35.1 Å². The summed E-state index contributed by atoms with van der Waals surface area (Å²) in [6, 6.07) is 9.31. The van der Waals surface area contributed by atoms with Crippen molar-refractivity contribution in [1.29, 1.82) is 0 Å². The number of aliphatic carboxylic acids is 1. The van der Waals surface area contributed by atoms with Crippen LogP contribution in [0.3, 0.4) is 0 Å². The van der Waals surface area contributed by atoms with Gasteiger partial charge in [-0.05, 0) is 49.6 Å². The molecule has 2 N–H and O–H groups in total. The van der Waals surface area contributed by atoms with Gasteiger partial charge in [-0.25, -0.2) is 9.59 Å². The van der Waals surface area contributed by atoms with E-state index < -0.39 is 60.5 Å². The molecule has 7 nitrogen and oxygen atoms in total. The number of carbonyl (C=O) groups excluding carboxylic acids is 1. The van der Waals surface area contributed by atoms with Crippen molar-refractivity contribution < 1.29 is 59.3 Å². The molecule has 1 atom stereocenters. The maximum atomic E-state index is 13.3. The lowest BCUT2D eigenvalue weighted by Crippen LogP contribution is -2.39. The van der Waals surface area contributed by atoms with Gasteiger partial charge in [0.1, 0.15) is 12.4 Å². The number of benzene rings is 2. The summed E-state index contributed by atoms with van der Waals surface area (Å²) in [6.07, 6.45) is -13.9. The Bertz CT molecular complexity index is 1160. The maximum Gasteiger partial charge on any atom is 0.453 e. The lowest BCUT2D eigenvalue weighted by molar-refractivity contribution is -0.284. The minimum Gasteiger partial charge on any atom is -0.492 e. The molecule has 0 aliphatic rings. The number of unbranched alkanes of at least 4 members (excludes halogenated alkanes) is 1. The number of para-hydroxylation sites is 1. The fourth-order valence-corrected chi connectivity index (χ4v) is 3.77. The molecule has 15 heteroatoms. The van der Waals surface area contributed by atoms with Gasteiger partial charge in [0.15, 0.2) is 6.10 Å². The third kappa shape index (κ3) is 10.7. The predicted molar refractivity (Wildman–Crippen MR) is 136 cm³/mol. The smallest absolute Gasteiger partial charge is 0.453 e. The number of carboxylic acid groups (broad SMARTS) is 1. The van der Waals surface area contributed by atoms with Crippen molar-refractivity contribution in [2.45, 2.75) is 57.0 Å². The van der Waals surface area contributed by atoms with E-state index in [1.165, 1.54) is 18.2 Å². The topological polar surface area (TPSA) is 88.1 Å². The van der Waals surface area contributed by atoms with E-state index in [9.17, 15) is 49.8 Å². The first kappa shape index (κ1) is 34.6. The van der Waals surface area contributed by atoms with E-state index >= 15 is 0 Å². The van der Waals surface area contributed by atoms with Gasteiger partial charge in [0, 0.05) is 26.0 Å². The molecule has 0 aliphatic heterocycles. The lowest BCUT2D eigenvalue weighted by Gasteiger charge is -2.25. The fraction of sp³-hybridized carbons (Fsp3) is 0.481. The van der Waals surface area contributed by atoms with Crippen LogP contribution >= 0.6 is 0 Å². The molecule has 0 radical (unpaired) electrons. The van der Waals surface area contributed by atoms with Gasteiger partial charge < -0.3 is 24.8 Å². The third-order valence-corrected chi connectivity index (χ3v) is 5.96. The minimum atomic E-state index is -5.73. The summed E-state index contributed by atoms with van der Waals surface area (Å²) in [5.41, 5.74) is -1.07. The van der Waals surface area contributed by atoms with Gasteiger partial charge in [0.05, 0.1) is 17.8 Å². The Morgan fingerprint density at radius 3 is 2.14 bits per heavy atom. The standard InChI is InChI=1S/C27H30F8N2O5/c1-2-41-22(23(38)39)17-18-9-11-19(12-10-18)42-16-15-37(14-6-5-13-25(28,29)27(33,34)35)24(40)36-21-8-4-3-7-20(21)26(30,31)32/h3-4,7-12,22H,2,5-6,13-17H2,1H3,(H,36,40)(H,38,39). The molecule has 0 fully saturated rings. The summed E-state index contributed by atoms with van der Waals surface area (Å²) in [6.45, 7) is 1.06. The maximum absolute atomic E-state index is 13.3. The van der Waals surface area contributed by atoms with Crippen LogP contribution in [-0.2, 0) is 22.1 Å². The molecule has 42 heavy (non-hydrogen) atoms. The van der Waals surface area contributed by atoms with Gasteiger partial charge in [-0.1, -0.05) is 24.3 Å². The second kappa shape index (κ2) is 15.0. The number of nitrogens with zero attached hydrogens (tertiary/aromatic N) is 1. The molecular weight excluding hydrogens is 584 g/mol. The van der Waals surface area contributed by atoms with Crippen LogP contribution in [-0.4, -0.2) is 66.5 Å². The number of nitrogens with one attached hydrogen (secondary N) is 1. The van der Waals surface area contributed by atoms with Crippen LogP contribution in [0.4, 0.5) is 45.6 Å². The lowest BCUT2D eigenvalue weighted by atomic mass is 10.1. The number of carbonyl (C=O) groups is 2. The second-order valence-corrected chi connectivity index (χ2v) is 9.10. The first-order valence-electron chi connectivity index (χ1n) is 12.8. The van der Waals surface area contributed by atoms with E-state index in [1.54, 1.807) is 19.1 Å². The minimum absolute atomic E-state index is 0.0875. The molecule has 0 saturated heterocycles. The van der Waals surface area contributed by atoms with E-state index in [4.69, 9.17) is 9.47 Å². The highest BCUT2D eigenvalue weighted by atomic mass is 19.4. The molecule has 0 aromatic heterocycles. The molecule has 0 heterocycles. The Hall–Kier alpha value is -3.62. The quantitative estimate of drug-likeness (QED) is 0.166. The number of carboxylic acids is 1. The Morgan fingerprint density at radius 1 is 0.929 bits per heavy atom. The summed E-state index contributed by atoms with van der Waals surface area (Å²) in [5, 5.41) is 11.3. The zero-order valence-corrected chi connectivity index (χ0v) is 22.4. The number of rotatable bonds is 15. The van der Waals surface area contributed by atoms with Crippen molar-refractivity contribution in [3.63, 3.8) is 0 Å². The largest absolute Gasteiger partial charge is 0.492 e. The molecule has 2 aromatic rings. The Balaban J connectivity index is 2.06. The van der Waals surface area contributed by atoms with Crippen LogP contribution in [0.2, 0.25) is 0 Å². The number of anilines is 1. The predicted octanol–water partition coefficient (Wildman–Crippen LogP) is 7.02. The fourth-order valence-electron chi connectivity index (χ4n) is 3.77. The molecular formula is C27H30F8N2O5. The van der Waals surface area contributed by atoms with Crippen molar-refractivity contribution in [3.05, 3.63) is 59.7 Å². The zero-order chi connectivity index (χ0) is 31.6. The highest BCUT2D eigenvalue weighted by Gasteiger charge is 2.56. The van der Waals surface area contributed by atoms with Crippen LogP contribution in [0.25, 0.3) is 0 Å². The molecule has 234 valence electrons. The van der Waals surface area contributed by atoms with Crippen molar-refractivity contribution in [3.8, 4) is 5.75 Å². The van der Waals surface area contributed by atoms with Crippen LogP contribution in [0.15, 0.2) is 48.5 Å². The van der Waals surface area contributed by atoms with E-state index in [0.717, 1.165) is 23.1 Å². The average Bonchev–Trinajstić information content (AvgIpc) is 2.89. The highest BCUT2D eigenvalue weighted by Crippen LogP contribution is 2.39. The SMILES string of the molecule is CCOC(Cc1ccc(OCCN(CCCCC(F)(F)C(F)(F)F)C(=O)Nc2ccccc2C(F)(F)F)cc1)C(=O)O. The van der Waals surface area contributed by atoms with Crippen molar-refractivity contribution in [1.82, 2.24) is 4.90 Å².